The lowest BCUT2D eigenvalue weighted by molar-refractivity contribution is 0.184. The predicted molar refractivity (Wildman–Crippen MR) is 61.1 cm³/mol. The molecule has 0 aliphatic carbocycles. The fourth-order valence-electron chi connectivity index (χ4n) is 2.28. The maximum atomic E-state index is 12.4. The van der Waals surface area contributed by atoms with E-state index in [-0.39, 0.29) is 11.7 Å². The fraction of sp³-hybridized carbons (Fsp3) is 1.00. The van der Waals surface area contributed by atoms with Gasteiger partial charge in [-0.05, 0) is 31.8 Å². The van der Waals surface area contributed by atoms with E-state index < -0.39 is 7.60 Å². The minimum Gasteiger partial charge on any atom is -0.311 e. The molecule has 1 atom stereocenters. The third-order valence-electron chi connectivity index (χ3n) is 2.94. The van der Waals surface area contributed by atoms with E-state index >= 15 is 0 Å². The summed E-state index contributed by atoms with van der Waals surface area (Å²) in [5.41, 5.74) is 0. The zero-order valence-electron chi connectivity index (χ0n) is 10.1. The second-order valence-corrected chi connectivity index (χ2v) is 6.64. The van der Waals surface area contributed by atoms with E-state index in [1.54, 1.807) is 0 Å². The fourth-order valence-corrected chi connectivity index (χ4v) is 4.23. The van der Waals surface area contributed by atoms with Gasteiger partial charge in [-0.2, -0.15) is 0 Å². The molecule has 1 rings (SSSR count). The molecular weight excluding hydrogens is 213 g/mol. The summed E-state index contributed by atoms with van der Waals surface area (Å²) in [6, 6.07) is 0. The van der Waals surface area contributed by atoms with Gasteiger partial charge in [-0.15, -0.1) is 0 Å². The molecule has 15 heavy (non-hydrogen) atoms. The van der Waals surface area contributed by atoms with Crippen molar-refractivity contribution >= 4 is 7.60 Å². The Balaban J connectivity index is 2.85. The smallest absolute Gasteiger partial charge is 0.311 e. The Labute approximate surface area is 92.5 Å². The van der Waals surface area contributed by atoms with E-state index in [1.807, 2.05) is 0 Å². The Morgan fingerprint density at radius 3 is 1.93 bits per heavy atom. The highest BCUT2D eigenvalue weighted by atomic mass is 31.2. The summed E-state index contributed by atoms with van der Waals surface area (Å²) >= 11 is 0. The minimum atomic E-state index is -2.97. The van der Waals surface area contributed by atoms with Gasteiger partial charge in [0.25, 0.3) is 0 Å². The van der Waals surface area contributed by atoms with Crippen molar-refractivity contribution in [2.45, 2.75) is 32.5 Å². The van der Waals surface area contributed by atoms with E-state index in [4.69, 9.17) is 9.05 Å². The Hall–Kier alpha value is 0.110. The van der Waals surface area contributed by atoms with Crippen LogP contribution < -0.4 is 0 Å². The van der Waals surface area contributed by atoms with E-state index in [1.165, 1.54) is 27.1 Å². The van der Waals surface area contributed by atoms with Crippen LogP contribution in [0.25, 0.3) is 0 Å². The molecule has 1 aliphatic heterocycles. The summed E-state index contributed by atoms with van der Waals surface area (Å²) in [7, 11) is -0.0347. The van der Waals surface area contributed by atoms with Gasteiger partial charge in [-0.3, -0.25) is 9.46 Å². The summed E-state index contributed by atoms with van der Waals surface area (Å²) in [4.78, 5) is 2.23. The molecule has 0 saturated carbocycles. The van der Waals surface area contributed by atoms with Crippen LogP contribution in [0.3, 0.4) is 0 Å². The first kappa shape index (κ1) is 13.2. The van der Waals surface area contributed by atoms with Gasteiger partial charge in [0.1, 0.15) is 5.78 Å². The Kier molecular flexibility index (Phi) is 4.78. The van der Waals surface area contributed by atoms with Gasteiger partial charge < -0.3 is 9.05 Å². The highest BCUT2D eigenvalue weighted by Gasteiger charge is 2.41. The molecule has 0 aromatic heterocycles. The van der Waals surface area contributed by atoms with Crippen LogP contribution >= 0.6 is 7.60 Å². The summed E-state index contributed by atoms with van der Waals surface area (Å²) in [5.74, 6) is 0.170. The third kappa shape index (κ3) is 2.82. The first-order chi connectivity index (χ1) is 7.05. The zero-order chi connectivity index (χ0) is 11.5. The van der Waals surface area contributed by atoms with Crippen LogP contribution in [0.1, 0.15) is 26.7 Å². The molecule has 0 N–H and O–H groups in total. The molecule has 4 nitrogen and oxygen atoms in total. The Bertz CT molecular complexity index is 231. The first-order valence-electron chi connectivity index (χ1n) is 5.50. The van der Waals surface area contributed by atoms with Gasteiger partial charge in [-0.25, -0.2) is 0 Å². The zero-order valence-corrected chi connectivity index (χ0v) is 11.0. The molecule has 0 bridgehead atoms. The monoisotopic (exact) mass is 235 g/mol. The van der Waals surface area contributed by atoms with Crippen molar-refractivity contribution in [3.05, 3.63) is 0 Å². The summed E-state index contributed by atoms with van der Waals surface area (Å²) in [5, 5.41) is 0. The van der Waals surface area contributed by atoms with Crippen molar-refractivity contribution in [2.75, 3.05) is 27.3 Å². The number of hydrogen-bond acceptors (Lipinski definition) is 4. The Morgan fingerprint density at radius 2 is 1.60 bits per heavy atom. The number of hydrogen-bond donors (Lipinski definition) is 0. The third-order valence-corrected chi connectivity index (χ3v) is 5.53. The molecule has 1 aliphatic rings. The number of likely N-dealkylation sites (tertiary alicyclic amines) is 1. The largest absolute Gasteiger partial charge is 0.347 e. The van der Waals surface area contributed by atoms with E-state index in [2.05, 4.69) is 18.7 Å². The standard InChI is InChI=1S/C10H22NO3P/c1-9(2)10(11-7-5-6-8-11)15(12,13-3)14-4/h9-10H,5-8H2,1-4H3. The lowest BCUT2D eigenvalue weighted by Gasteiger charge is -2.34. The van der Waals surface area contributed by atoms with Crippen molar-refractivity contribution in [2.24, 2.45) is 5.92 Å². The molecule has 0 aromatic carbocycles. The molecule has 1 saturated heterocycles. The van der Waals surface area contributed by atoms with Crippen LogP contribution in [0.4, 0.5) is 0 Å². The van der Waals surface area contributed by atoms with Crippen LogP contribution in [-0.2, 0) is 13.6 Å². The molecule has 0 aromatic rings. The average Bonchev–Trinajstić information content (AvgIpc) is 2.70. The SMILES string of the molecule is COP(=O)(OC)C(C(C)C)N1CCCC1. The van der Waals surface area contributed by atoms with Crippen molar-refractivity contribution in [3.8, 4) is 0 Å². The van der Waals surface area contributed by atoms with Crippen LogP contribution in [-0.4, -0.2) is 38.0 Å². The van der Waals surface area contributed by atoms with E-state index in [9.17, 15) is 4.57 Å². The molecule has 90 valence electrons. The number of rotatable bonds is 5. The van der Waals surface area contributed by atoms with Gasteiger partial charge in [0.2, 0.25) is 0 Å². The quantitative estimate of drug-likeness (QED) is 0.686. The van der Waals surface area contributed by atoms with Crippen LogP contribution in [0.2, 0.25) is 0 Å². The maximum Gasteiger partial charge on any atom is 0.347 e. The van der Waals surface area contributed by atoms with Gasteiger partial charge in [0.15, 0.2) is 0 Å². The summed E-state index contributed by atoms with van der Waals surface area (Å²) < 4.78 is 22.6. The summed E-state index contributed by atoms with van der Waals surface area (Å²) in [6.07, 6.45) is 2.35. The van der Waals surface area contributed by atoms with Crippen molar-refractivity contribution in [1.29, 1.82) is 0 Å². The normalized spacial score (nSPS) is 21.1. The molecular formula is C10H22NO3P. The summed E-state index contributed by atoms with van der Waals surface area (Å²) in [6.45, 7) is 6.13. The maximum absolute atomic E-state index is 12.4. The predicted octanol–water partition coefficient (Wildman–Crippen LogP) is 2.55. The van der Waals surface area contributed by atoms with Crippen LogP contribution in [0.15, 0.2) is 0 Å². The van der Waals surface area contributed by atoms with Crippen molar-refractivity contribution < 1.29 is 13.6 Å². The molecule has 5 heteroatoms. The molecule has 0 radical (unpaired) electrons. The second-order valence-electron chi connectivity index (χ2n) is 4.31. The second kappa shape index (κ2) is 5.44. The molecule has 1 unspecified atom stereocenters. The lowest BCUT2D eigenvalue weighted by atomic mass is 10.2. The highest BCUT2D eigenvalue weighted by Crippen LogP contribution is 2.55. The van der Waals surface area contributed by atoms with Gasteiger partial charge in [-0.1, -0.05) is 13.8 Å². The van der Waals surface area contributed by atoms with E-state index in [0.717, 1.165) is 13.1 Å². The van der Waals surface area contributed by atoms with Crippen molar-refractivity contribution in [3.63, 3.8) is 0 Å². The minimum absolute atomic E-state index is 0.102. The average molecular weight is 235 g/mol. The molecule has 0 spiro atoms. The molecule has 1 fully saturated rings. The molecule has 1 heterocycles. The van der Waals surface area contributed by atoms with Crippen LogP contribution in [0.5, 0.6) is 0 Å². The van der Waals surface area contributed by atoms with Crippen molar-refractivity contribution in [1.82, 2.24) is 4.90 Å². The number of nitrogens with zero attached hydrogens (tertiary/aromatic N) is 1. The van der Waals surface area contributed by atoms with E-state index in [0.29, 0.717) is 0 Å². The topological polar surface area (TPSA) is 38.8 Å². The first-order valence-corrected chi connectivity index (χ1v) is 7.11. The molecule has 0 amide bonds. The van der Waals surface area contributed by atoms with Crippen LogP contribution in [0, 0.1) is 5.92 Å². The van der Waals surface area contributed by atoms with Gasteiger partial charge in [0, 0.05) is 14.2 Å². The highest BCUT2D eigenvalue weighted by molar-refractivity contribution is 7.54. The van der Waals surface area contributed by atoms with Gasteiger partial charge >= 0.3 is 7.60 Å². The van der Waals surface area contributed by atoms with Gasteiger partial charge in [0.05, 0.1) is 0 Å². The Morgan fingerprint density at radius 1 is 1.13 bits per heavy atom. The lowest BCUT2D eigenvalue weighted by Crippen LogP contribution is -2.37.